The summed E-state index contributed by atoms with van der Waals surface area (Å²) in [4.78, 5) is 22.9. The molecule has 0 radical (unpaired) electrons. The van der Waals surface area contributed by atoms with Crippen LogP contribution in [0.5, 0.6) is 0 Å². The van der Waals surface area contributed by atoms with E-state index in [1.807, 2.05) is 12.3 Å². The largest absolute Gasteiger partial charge is 0.362 e. The highest BCUT2D eigenvalue weighted by molar-refractivity contribution is 7.21. The third-order valence-corrected chi connectivity index (χ3v) is 7.45. The number of hydrogen-bond donors (Lipinski definition) is 1. The molecule has 6 heteroatoms. The fraction of sp³-hybridized carbons (Fsp3) is 0.440. The maximum absolute atomic E-state index is 12.7. The summed E-state index contributed by atoms with van der Waals surface area (Å²) in [5.74, 6) is 1.07. The predicted molar refractivity (Wildman–Crippen MR) is 130 cm³/mol. The van der Waals surface area contributed by atoms with Gasteiger partial charge in [-0.2, -0.15) is 0 Å². The summed E-state index contributed by atoms with van der Waals surface area (Å²) < 4.78 is 1.19. The first-order chi connectivity index (χ1) is 15.1. The lowest BCUT2D eigenvalue weighted by Crippen LogP contribution is -2.36. The highest BCUT2D eigenvalue weighted by Gasteiger charge is 2.26. The lowest BCUT2D eigenvalue weighted by atomic mass is 9.97. The SMILES string of the molecule is CNC(=O)c1sc2ccccc2c1C[C@H]1CCCCCN1Cc1cccnc1N(C)C. The van der Waals surface area contributed by atoms with Gasteiger partial charge < -0.3 is 10.2 Å². The fourth-order valence-electron chi connectivity index (χ4n) is 4.69. The molecular formula is C25H32N4OS. The van der Waals surface area contributed by atoms with Gasteiger partial charge in [0.2, 0.25) is 0 Å². The molecule has 1 fully saturated rings. The number of likely N-dealkylation sites (tertiary alicyclic amines) is 1. The van der Waals surface area contributed by atoms with Gasteiger partial charge in [0.1, 0.15) is 5.82 Å². The molecule has 5 nitrogen and oxygen atoms in total. The molecule has 1 N–H and O–H groups in total. The van der Waals surface area contributed by atoms with Gasteiger partial charge in [0, 0.05) is 50.2 Å². The monoisotopic (exact) mass is 436 g/mol. The third-order valence-electron chi connectivity index (χ3n) is 6.23. The van der Waals surface area contributed by atoms with Crippen LogP contribution in [0.1, 0.15) is 46.5 Å². The fourth-order valence-corrected chi connectivity index (χ4v) is 5.86. The van der Waals surface area contributed by atoms with E-state index in [1.54, 1.807) is 18.4 Å². The van der Waals surface area contributed by atoms with Crippen LogP contribution in [0.3, 0.4) is 0 Å². The summed E-state index contributed by atoms with van der Waals surface area (Å²) in [5.41, 5.74) is 2.47. The summed E-state index contributed by atoms with van der Waals surface area (Å²) in [5, 5.41) is 4.07. The van der Waals surface area contributed by atoms with Gasteiger partial charge in [-0.25, -0.2) is 4.98 Å². The number of benzene rings is 1. The van der Waals surface area contributed by atoms with Gasteiger partial charge in [-0.05, 0) is 48.9 Å². The molecule has 0 saturated carbocycles. The second-order valence-electron chi connectivity index (χ2n) is 8.54. The number of rotatable bonds is 6. The molecule has 4 rings (SSSR count). The van der Waals surface area contributed by atoms with E-state index in [1.165, 1.54) is 40.5 Å². The van der Waals surface area contributed by atoms with Crippen LogP contribution in [0.15, 0.2) is 42.6 Å². The highest BCUT2D eigenvalue weighted by atomic mass is 32.1. The maximum atomic E-state index is 12.7. The van der Waals surface area contributed by atoms with Crippen LogP contribution in [0, 0.1) is 0 Å². The topological polar surface area (TPSA) is 48.5 Å². The summed E-state index contributed by atoms with van der Waals surface area (Å²) in [6.07, 6.45) is 7.67. The molecule has 1 saturated heterocycles. The van der Waals surface area contributed by atoms with Crippen LogP contribution in [0.25, 0.3) is 10.1 Å². The van der Waals surface area contributed by atoms with E-state index >= 15 is 0 Å². The third kappa shape index (κ3) is 4.75. The number of hydrogen-bond acceptors (Lipinski definition) is 5. The molecule has 31 heavy (non-hydrogen) atoms. The number of amides is 1. The van der Waals surface area contributed by atoms with Crippen molar-refractivity contribution in [1.82, 2.24) is 15.2 Å². The molecular weight excluding hydrogens is 404 g/mol. The van der Waals surface area contributed by atoms with Crippen LogP contribution >= 0.6 is 11.3 Å². The van der Waals surface area contributed by atoms with E-state index in [4.69, 9.17) is 0 Å². The van der Waals surface area contributed by atoms with Crippen LogP contribution in [0.2, 0.25) is 0 Å². The molecule has 1 aliphatic heterocycles. The van der Waals surface area contributed by atoms with Crippen molar-refractivity contribution in [1.29, 1.82) is 0 Å². The Morgan fingerprint density at radius 3 is 2.84 bits per heavy atom. The number of thiophene rings is 1. The summed E-state index contributed by atoms with van der Waals surface area (Å²) in [6, 6.07) is 13.1. The number of fused-ring (bicyclic) bond motifs is 1. The lowest BCUT2D eigenvalue weighted by Gasteiger charge is -2.31. The Kier molecular flexibility index (Phi) is 6.88. The minimum atomic E-state index is 0.0264. The first-order valence-corrected chi connectivity index (χ1v) is 12.0. The number of carbonyl (C=O) groups is 1. The summed E-state index contributed by atoms with van der Waals surface area (Å²) in [7, 11) is 5.83. The molecule has 2 aromatic heterocycles. The zero-order chi connectivity index (χ0) is 21.8. The van der Waals surface area contributed by atoms with Crippen molar-refractivity contribution < 1.29 is 4.79 Å². The van der Waals surface area contributed by atoms with Gasteiger partial charge in [-0.1, -0.05) is 37.1 Å². The number of pyridine rings is 1. The number of nitrogens with zero attached hydrogens (tertiary/aromatic N) is 3. The van der Waals surface area contributed by atoms with Gasteiger partial charge in [0.15, 0.2) is 0 Å². The van der Waals surface area contributed by atoms with Gasteiger partial charge in [0.25, 0.3) is 5.91 Å². The number of carbonyl (C=O) groups excluding carboxylic acids is 1. The van der Waals surface area contributed by atoms with Crippen LogP contribution in [0.4, 0.5) is 5.82 Å². The minimum Gasteiger partial charge on any atom is -0.362 e. The zero-order valence-corrected chi connectivity index (χ0v) is 19.5. The second-order valence-corrected chi connectivity index (χ2v) is 9.60. The van der Waals surface area contributed by atoms with Crippen molar-refractivity contribution in [3.8, 4) is 0 Å². The number of nitrogens with one attached hydrogen (secondary N) is 1. The first kappa shape index (κ1) is 21.8. The minimum absolute atomic E-state index is 0.0264. The molecule has 1 amide bonds. The Hall–Kier alpha value is -2.44. The molecule has 0 spiro atoms. The molecule has 3 heterocycles. The average Bonchev–Trinajstić information content (AvgIpc) is 3.00. The van der Waals surface area contributed by atoms with E-state index in [0.717, 1.165) is 36.6 Å². The lowest BCUT2D eigenvalue weighted by molar-refractivity contribution is 0.0965. The van der Waals surface area contributed by atoms with Crippen LogP contribution < -0.4 is 10.2 Å². The van der Waals surface area contributed by atoms with E-state index in [0.29, 0.717) is 6.04 Å². The molecule has 0 unspecified atom stereocenters. The molecule has 164 valence electrons. The standard InChI is InChI=1S/C25H32N4OS/c1-26-25(30)23-21(20-12-6-7-13-22(20)31-23)16-19-11-5-4-8-15-29(19)17-18-10-9-14-27-24(18)28(2)3/h6-7,9-10,12-14,19H,4-5,8,11,15-17H2,1-3H3,(H,26,30)/t19-/m1/s1. The highest BCUT2D eigenvalue weighted by Crippen LogP contribution is 2.34. The Morgan fingerprint density at radius 2 is 2.03 bits per heavy atom. The Labute approximate surface area is 189 Å². The second kappa shape index (κ2) is 9.79. The van der Waals surface area contributed by atoms with Crippen LogP contribution in [-0.4, -0.2) is 49.5 Å². The zero-order valence-electron chi connectivity index (χ0n) is 18.7. The van der Waals surface area contributed by atoms with Gasteiger partial charge in [-0.3, -0.25) is 9.69 Å². The van der Waals surface area contributed by atoms with Gasteiger partial charge in [0.05, 0.1) is 4.88 Å². The van der Waals surface area contributed by atoms with Crippen molar-refractivity contribution in [2.24, 2.45) is 0 Å². The number of aromatic nitrogens is 1. The van der Waals surface area contributed by atoms with E-state index in [2.05, 4.69) is 64.5 Å². The predicted octanol–water partition coefficient (Wildman–Crippen LogP) is 4.71. The van der Waals surface area contributed by atoms with E-state index in [9.17, 15) is 4.79 Å². The molecule has 1 atom stereocenters. The molecule has 0 bridgehead atoms. The maximum Gasteiger partial charge on any atom is 0.261 e. The van der Waals surface area contributed by atoms with Gasteiger partial charge >= 0.3 is 0 Å². The van der Waals surface area contributed by atoms with Crippen molar-refractivity contribution in [2.75, 3.05) is 32.6 Å². The molecule has 0 aliphatic carbocycles. The Bertz CT molecular complexity index is 1040. The van der Waals surface area contributed by atoms with Gasteiger partial charge in [-0.15, -0.1) is 11.3 Å². The van der Waals surface area contributed by atoms with E-state index < -0.39 is 0 Å². The average molecular weight is 437 g/mol. The summed E-state index contributed by atoms with van der Waals surface area (Å²) >= 11 is 1.61. The quantitative estimate of drug-likeness (QED) is 0.608. The smallest absolute Gasteiger partial charge is 0.261 e. The Balaban J connectivity index is 1.67. The molecule has 1 aliphatic rings. The number of anilines is 1. The van der Waals surface area contributed by atoms with Crippen LogP contribution in [-0.2, 0) is 13.0 Å². The van der Waals surface area contributed by atoms with Crippen molar-refractivity contribution in [2.45, 2.75) is 44.7 Å². The Morgan fingerprint density at radius 1 is 1.19 bits per heavy atom. The van der Waals surface area contributed by atoms with Crippen molar-refractivity contribution in [3.05, 3.63) is 58.6 Å². The van der Waals surface area contributed by atoms with Crippen molar-refractivity contribution >= 4 is 33.1 Å². The molecule has 3 aromatic rings. The normalized spacial score (nSPS) is 17.5. The first-order valence-electron chi connectivity index (χ1n) is 11.2. The summed E-state index contributed by atoms with van der Waals surface area (Å²) in [6.45, 7) is 1.98. The molecule has 1 aromatic carbocycles. The van der Waals surface area contributed by atoms with E-state index in [-0.39, 0.29) is 5.91 Å². The van der Waals surface area contributed by atoms with Crippen molar-refractivity contribution in [3.63, 3.8) is 0 Å².